The average Bonchev–Trinajstić information content (AvgIpc) is 3.00. The molecule has 0 saturated heterocycles. The molecule has 0 fully saturated rings. The number of amides is 1. The highest BCUT2D eigenvalue weighted by Gasteiger charge is 2.12. The largest absolute Gasteiger partial charge is 0.350 e. The van der Waals surface area contributed by atoms with Gasteiger partial charge in [-0.25, -0.2) is 0 Å². The number of Topliss-reactive ketones (excluding diaryl/α,β-unsaturated/α-hetero) is 1. The summed E-state index contributed by atoms with van der Waals surface area (Å²) in [5.74, 6) is -0.0917. The first-order chi connectivity index (χ1) is 9.66. The summed E-state index contributed by atoms with van der Waals surface area (Å²) in [5.41, 5.74) is 0.998. The molecule has 2 aromatic heterocycles. The van der Waals surface area contributed by atoms with Crippen LogP contribution in [0.4, 0.5) is 0 Å². The molecule has 104 valence electrons. The minimum atomic E-state index is -0.112. The van der Waals surface area contributed by atoms with Gasteiger partial charge in [0.05, 0.1) is 10.9 Å². The van der Waals surface area contributed by atoms with Crippen molar-refractivity contribution in [2.75, 3.05) is 0 Å². The van der Waals surface area contributed by atoms with Gasteiger partial charge in [-0.3, -0.25) is 14.6 Å². The maximum atomic E-state index is 11.8. The van der Waals surface area contributed by atoms with Crippen molar-refractivity contribution in [3.8, 4) is 0 Å². The zero-order valence-corrected chi connectivity index (χ0v) is 12.0. The number of ketones is 1. The van der Waals surface area contributed by atoms with Crippen LogP contribution < -0.4 is 5.32 Å². The Labute approximate surface area is 121 Å². The average molecular weight is 288 g/mol. The van der Waals surface area contributed by atoms with Gasteiger partial charge in [0.15, 0.2) is 5.78 Å². The standard InChI is InChI=1S/C15H16N2O2S/c1-11(12-6-8-16-9-7-12)17-15(19)5-4-13(18)14-3-2-10-20-14/h2-3,6-11H,4-5H2,1H3,(H,17,19). The molecular weight excluding hydrogens is 272 g/mol. The van der Waals surface area contributed by atoms with Crippen LogP contribution in [0, 0.1) is 0 Å². The van der Waals surface area contributed by atoms with Gasteiger partial charge < -0.3 is 5.32 Å². The Kier molecular flexibility index (Phi) is 5.01. The fraction of sp³-hybridized carbons (Fsp3) is 0.267. The van der Waals surface area contributed by atoms with E-state index in [1.807, 2.05) is 30.5 Å². The minimum Gasteiger partial charge on any atom is -0.350 e. The second kappa shape index (κ2) is 6.96. The first kappa shape index (κ1) is 14.4. The highest BCUT2D eigenvalue weighted by molar-refractivity contribution is 7.12. The lowest BCUT2D eigenvalue weighted by molar-refractivity contribution is -0.121. The van der Waals surface area contributed by atoms with Crippen molar-refractivity contribution in [1.82, 2.24) is 10.3 Å². The number of nitrogens with one attached hydrogen (secondary N) is 1. The molecule has 0 aliphatic rings. The maximum absolute atomic E-state index is 11.8. The van der Waals surface area contributed by atoms with Crippen LogP contribution in [0.1, 0.15) is 41.0 Å². The Morgan fingerprint density at radius 3 is 2.65 bits per heavy atom. The van der Waals surface area contributed by atoms with Crippen LogP contribution in [0.15, 0.2) is 42.0 Å². The third-order valence-electron chi connectivity index (χ3n) is 2.96. The highest BCUT2D eigenvalue weighted by Crippen LogP contribution is 2.13. The Hall–Kier alpha value is -2.01. The smallest absolute Gasteiger partial charge is 0.220 e. The molecule has 1 unspecified atom stereocenters. The molecule has 5 heteroatoms. The second-order valence-electron chi connectivity index (χ2n) is 4.47. The Morgan fingerprint density at radius 2 is 2.00 bits per heavy atom. The fourth-order valence-electron chi connectivity index (χ4n) is 1.84. The molecule has 0 radical (unpaired) electrons. The summed E-state index contributed by atoms with van der Waals surface area (Å²) in [6.07, 6.45) is 3.85. The van der Waals surface area contributed by atoms with Crippen molar-refractivity contribution >= 4 is 23.0 Å². The van der Waals surface area contributed by atoms with Gasteiger partial charge in [0.25, 0.3) is 0 Å². The van der Waals surface area contributed by atoms with E-state index in [-0.39, 0.29) is 30.6 Å². The number of thiophene rings is 1. The normalized spacial score (nSPS) is 11.8. The molecule has 0 bridgehead atoms. The van der Waals surface area contributed by atoms with Crippen molar-refractivity contribution in [3.05, 3.63) is 52.5 Å². The predicted molar refractivity (Wildman–Crippen MR) is 78.7 cm³/mol. The molecule has 0 spiro atoms. The molecule has 1 atom stereocenters. The molecule has 2 rings (SSSR count). The van der Waals surface area contributed by atoms with Crippen molar-refractivity contribution in [3.63, 3.8) is 0 Å². The number of aromatic nitrogens is 1. The summed E-state index contributed by atoms with van der Waals surface area (Å²) < 4.78 is 0. The van der Waals surface area contributed by atoms with Gasteiger partial charge in [-0.05, 0) is 36.1 Å². The van der Waals surface area contributed by atoms with Crippen LogP contribution in [0.25, 0.3) is 0 Å². The molecule has 20 heavy (non-hydrogen) atoms. The molecule has 0 aliphatic carbocycles. The van der Waals surface area contributed by atoms with Crippen LogP contribution in [0.2, 0.25) is 0 Å². The van der Waals surface area contributed by atoms with E-state index in [9.17, 15) is 9.59 Å². The molecular formula is C15H16N2O2S. The molecule has 0 saturated carbocycles. The fourth-order valence-corrected chi connectivity index (χ4v) is 2.53. The van der Waals surface area contributed by atoms with Gasteiger partial charge in [-0.15, -0.1) is 11.3 Å². The quantitative estimate of drug-likeness (QED) is 0.831. The van der Waals surface area contributed by atoms with E-state index < -0.39 is 0 Å². The molecule has 0 aliphatic heterocycles. The SMILES string of the molecule is CC(NC(=O)CCC(=O)c1cccs1)c1ccncc1. The lowest BCUT2D eigenvalue weighted by atomic mass is 10.1. The van der Waals surface area contributed by atoms with Crippen LogP contribution >= 0.6 is 11.3 Å². The van der Waals surface area contributed by atoms with Crippen LogP contribution in [0.3, 0.4) is 0 Å². The molecule has 2 aromatic rings. The molecule has 4 nitrogen and oxygen atoms in total. The minimum absolute atomic E-state index is 0.0201. The predicted octanol–water partition coefficient (Wildman–Crippen LogP) is 2.98. The third-order valence-corrected chi connectivity index (χ3v) is 3.87. The second-order valence-corrected chi connectivity index (χ2v) is 5.42. The van der Waals surface area contributed by atoms with E-state index in [2.05, 4.69) is 10.3 Å². The summed E-state index contributed by atoms with van der Waals surface area (Å²) in [6.45, 7) is 1.91. The number of carbonyl (C=O) groups excluding carboxylic acids is 2. The summed E-state index contributed by atoms with van der Waals surface area (Å²) in [5, 5.41) is 4.74. The topological polar surface area (TPSA) is 59.1 Å². The van der Waals surface area contributed by atoms with E-state index in [0.717, 1.165) is 5.56 Å². The summed E-state index contributed by atoms with van der Waals surface area (Å²) >= 11 is 1.41. The van der Waals surface area contributed by atoms with Gasteiger partial charge in [0.2, 0.25) is 5.91 Å². The summed E-state index contributed by atoms with van der Waals surface area (Å²) in [4.78, 5) is 28.3. The van der Waals surface area contributed by atoms with E-state index in [1.165, 1.54) is 11.3 Å². The molecule has 1 amide bonds. The Morgan fingerprint density at radius 1 is 1.25 bits per heavy atom. The van der Waals surface area contributed by atoms with Gasteiger partial charge in [0, 0.05) is 25.2 Å². The number of hydrogen-bond donors (Lipinski definition) is 1. The lowest BCUT2D eigenvalue weighted by Gasteiger charge is -2.13. The lowest BCUT2D eigenvalue weighted by Crippen LogP contribution is -2.26. The van der Waals surface area contributed by atoms with Gasteiger partial charge in [-0.2, -0.15) is 0 Å². The number of hydrogen-bond acceptors (Lipinski definition) is 4. The van der Waals surface area contributed by atoms with E-state index in [4.69, 9.17) is 0 Å². The zero-order chi connectivity index (χ0) is 14.4. The van der Waals surface area contributed by atoms with E-state index in [0.29, 0.717) is 4.88 Å². The summed E-state index contributed by atoms with van der Waals surface area (Å²) in [7, 11) is 0. The molecule has 0 aromatic carbocycles. The number of pyridine rings is 1. The van der Waals surface area contributed by atoms with E-state index >= 15 is 0 Å². The first-order valence-electron chi connectivity index (χ1n) is 6.43. The van der Waals surface area contributed by atoms with Gasteiger partial charge >= 0.3 is 0 Å². The van der Waals surface area contributed by atoms with Crippen molar-refractivity contribution < 1.29 is 9.59 Å². The maximum Gasteiger partial charge on any atom is 0.220 e. The van der Waals surface area contributed by atoms with E-state index in [1.54, 1.807) is 18.5 Å². The van der Waals surface area contributed by atoms with Crippen molar-refractivity contribution in [2.24, 2.45) is 0 Å². The van der Waals surface area contributed by atoms with Crippen LogP contribution in [-0.2, 0) is 4.79 Å². The first-order valence-corrected chi connectivity index (χ1v) is 7.31. The summed E-state index contributed by atoms with van der Waals surface area (Å²) in [6, 6.07) is 7.26. The Balaban J connectivity index is 1.80. The number of nitrogens with zero attached hydrogens (tertiary/aromatic N) is 1. The Bertz CT molecular complexity index is 567. The van der Waals surface area contributed by atoms with Crippen molar-refractivity contribution in [2.45, 2.75) is 25.8 Å². The van der Waals surface area contributed by atoms with Gasteiger partial charge in [-0.1, -0.05) is 6.07 Å². The van der Waals surface area contributed by atoms with Gasteiger partial charge in [0.1, 0.15) is 0 Å². The highest BCUT2D eigenvalue weighted by atomic mass is 32.1. The zero-order valence-electron chi connectivity index (χ0n) is 11.2. The van der Waals surface area contributed by atoms with Crippen molar-refractivity contribution in [1.29, 1.82) is 0 Å². The number of carbonyl (C=O) groups is 2. The van der Waals surface area contributed by atoms with Crippen LogP contribution in [0.5, 0.6) is 0 Å². The third kappa shape index (κ3) is 3.99. The molecule has 1 N–H and O–H groups in total. The molecule has 2 heterocycles. The monoisotopic (exact) mass is 288 g/mol. The van der Waals surface area contributed by atoms with Crippen LogP contribution in [-0.4, -0.2) is 16.7 Å². The number of rotatable bonds is 6.